The van der Waals surface area contributed by atoms with Crippen LogP contribution in [0.4, 0.5) is 5.69 Å². The molecule has 0 radical (unpaired) electrons. The first-order chi connectivity index (χ1) is 8.31. The van der Waals surface area contributed by atoms with Crippen molar-refractivity contribution in [1.82, 2.24) is 5.32 Å². The van der Waals surface area contributed by atoms with Crippen LogP contribution in [0.25, 0.3) is 0 Å². The molecular weight excluding hydrogens is 216 g/mol. The van der Waals surface area contributed by atoms with E-state index in [9.17, 15) is 4.79 Å². The molecule has 1 saturated heterocycles. The average molecular weight is 234 g/mol. The highest BCUT2D eigenvalue weighted by Crippen LogP contribution is 2.20. The molecule has 92 valence electrons. The number of carbonyl (C=O) groups excluding carboxylic acids is 1. The largest absolute Gasteiger partial charge is 0.494 e. The first-order valence-corrected chi connectivity index (χ1v) is 6.05. The number of piperazine rings is 1. The second-order valence-corrected chi connectivity index (χ2v) is 4.06. The molecular formula is C13H18N2O2. The predicted octanol–water partition coefficient (Wildman–Crippen LogP) is 1.41. The second-order valence-electron chi connectivity index (χ2n) is 4.06. The SMILES string of the molecule is CCCOc1ccc(N2CCNCC2=O)cc1. The molecule has 1 aliphatic rings. The minimum Gasteiger partial charge on any atom is -0.494 e. The number of nitrogens with one attached hydrogen (secondary N) is 1. The molecule has 4 nitrogen and oxygen atoms in total. The van der Waals surface area contributed by atoms with Crippen molar-refractivity contribution in [2.24, 2.45) is 0 Å². The van der Waals surface area contributed by atoms with E-state index in [1.807, 2.05) is 24.3 Å². The fourth-order valence-electron chi connectivity index (χ4n) is 1.82. The van der Waals surface area contributed by atoms with Gasteiger partial charge in [-0.2, -0.15) is 0 Å². The average Bonchev–Trinajstić information content (AvgIpc) is 2.38. The third-order valence-corrected chi connectivity index (χ3v) is 2.71. The van der Waals surface area contributed by atoms with E-state index in [-0.39, 0.29) is 5.91 Å². The van der Waals surface area contributed by atoms with Gasteiger partial charge in [-0.15, -0.1) is 0 Å². The van der Waals surface area contributed by atoms with Gasteiger partial charge in [0.2, 0.25) is 5.91 Å². The van der Waals surface area contributed by atoms with Gasteiger partial charge in [0, 0.05) is 18.8 Å². The van der Waals surface area contributed by atoms with Crippen LogP contribution in [0.15, 0.2) is 24.3 Å². The first-order valence-electron chi connectivity index (χ1n) is 6.05. The van der Waals surface area contributed by atoms with Crippen molar-refractivity contribution in [2.75, 3.05) is 31.1 Å². The molecule has 1 fully saturated rings. The van der Waals surface area contributed by atoms with E-state index in [1.54, 1.807) is 4.90 Å². The Bertz CT molecular complexity index is 376. The molecule has 1 heterocycles. The number of amides is 1. The van der Waals surface area contributed by atoms with Crippen molar-refractivity contribution in [1.29, 1.82) is 0 Å². The monoisotopic (exact) mass is 234 g/mol. The summed E-state index contributed by atoms with van der Waals surface area (Å²) in [6.45, 7) is 4.81. The van der Waals surface area contributed by atoms with Crippen LogP contribution in [0.1, 0.15) is 13.3 Å². The number of anilines is 1. The number of ether oxygens (including phenoxy) is 1. The molecule has 1 aromatic carbocycles. The van der Waals surface area contributed by atoms with E-state index in [4.69, 9.17) is 4.74 Å². The zero-order chi connectivity index (χ0) is 12.1. The summed E-state index contributed by atoms with van der Waals surface area (Å²) in [5.74, 6) is 0.983. The third kappa shape index (κ3) is 2.97. The summed E-state index contributed by atoms with van der Waals surface area (Å²) in [5, 5.41) is 3.06. The molecule has 1 amide bonds. The fraction of sp³-hybridized carbons (Fsp3) is 0.462. The van der Waals surface area contributed by atoms with E-state index in [0.717, 1.165) is 37.6 Å². The topological polar surface area (TPSA) is 41.6 Å². The number of nitrogens with zero attached hydrogens (tertiary/aromatic N) is 1. The first kappa shape index (κ1) is 11.9. The maximum atomic E-state index is 11.7. The molecule has 0 spiro atoms. The molecule has 2 rings (SSSR count). The van der Waals surface area contributed by atoms with E-state index in [0.29, 0.717) is 6.54 Å². The molecule has 0 unspecified atom stereocenters. The molecule has 1 aromatic rings. The molecule has 4 heteroatoms. The van der Waals surface area contributed by atoms with Crippen LogP contribution in [0, 0.1) is 0 Å². The summed E-state index contributed by atoms with van der Waals surface area (Å²) in [4.78, 5) is 13.5. The second kappa shape index (κ2) is 5.68. The lowest BCUT2D eigenvalue weighted by Crippen LogP contribution is -2.48. The maximum Gasteiger partial charge on any atom is 0.240 e. The molecule has 1 N–H and O–H groups in total. The molecule has 0 aliphatic carbocycles. The number of hydrogen-bond acceptors (Lipinski definition) is 3. The normalized spacial score (nSPS) is 16.1. The van der Waals surface area contributed by atoms with Crippen molar-refractivity contribution in [3.05, 3.63) is 24.3 Å². The zero-order valence-corrected chi connectivity index (χ0v) is 10.1. The highest BCUT2D eigenvalue weighted by Gasteiger charge is 2.18. The van der Waals surface area contributed by atoms with Gasteiger partial charge in [-0.3, -0.25) is 4.79 Å². The summed E-state index contributed by atoms with van der Waals surface area (Å²) in [5.41, 5.74) is 0.945. The van der Waals surface area contributed by atoms with Gasteiger partial charge in [0.15, 0.2) is 0 Å². The van der Waals surface area contributed by atoms with Crippen molar-refractivity contribution in [2.45, 2.75) is 13.3 Å². The van der Waals surface area contributed by atoms with Crippen LogP contribution in [-0.4, -0.2) is 32.1 Å². The molecule has 1 aliphatic heterocycles. The van der Waals surface area contributed by atoms with E-state index in [2.05, 4.69) is 12.2 Å². The number of carbonyl (C=O) groups is 1. The summed E-state index contributed by atoms with van der Waals surface area (Å²) in [6.07, 6.45) is 0.998. The van der Waals surface area contributed by atoms with Crippen LogP contribution in [0.5, 0.6) is 5.75 Å². The fourth-order valence-corrected chi connectivity index (χ4v) is 1.82. The Hall–Kier alpha value is -1.55. The minimum absolute atomic E-state index is 0.124. The Morgan fingerprint density at radius 2 is 2.12 bits per heavy atom. The number of benzene rings is 1. The lowest BCUT2D eigenvalue weighted by Gasteiger charge is -2.27. The van der Waals surface area contributed by atoms with Gasteiger partial charge in [-0.1, -0.05) is 6.92 Å². The van der Waals surface area contributed by atoms with Gasteiger partial charge >= 0.3 is 0 Å². The standard InChI is InChI=1S/C13H18N2O2/c1-2-9-17-12-5-3-11(4-6-12)15-8-7-14-10-13(15)16/h3-6,14H,2,7-10H2,1H3. The van der Waals surface area contributed by atoms with Crippen molar-refractivity contribution in [3.63, 3.8) is 0 Å². The van der Waals surface area contributed by atoms with E-state index >= 15 is 0 Å². The van der Waals surface area contributed by atoms with Gasteiger partial charge in [-0.25, -0.2) is 0 Å². The predicted molar refractivity (Wildman–Crippen MR) is 67.5 cm³/mol. The van der Waals surface area contributed by atoms with Gasteiger partial charge < -0.3 is 15.0 Å². The highest BCUT2D eigenvalue weighted by atomic mass is 16.5. The Morgan fingerprint density at radius 3 is 2.76 bits per heavy atom. The van der Waals surface area contributed by atoms with Crippen LogP contribution < -0.4 is 15.0 Å². The Kier molecular flexibility index (Phi) is 3.98. The van der Waals surface area contributed by atoms with Crippen LogP contribution in [0.2, 0.25) is 0 Å². The van der Waals surface area contributed by atoms with Gasteiger partial charge in [0.25, 0.3) is 0 Å². The van der Waals surface area contributed by atoms with Gasteiger partial charge in [0.1, 0.15) is 5.75 Å². The van der Waals surface area contributed by atoms with Crippen LogP contribution >= 0.6 is 0 Å². The quantitative estimate of drug-likeness (QED) is 0.856. The molecule has 0 aromatic heterocycles. The van der Waals surface area contributed by atoms with E-state index < -0.39 is 0 Å². The molecule has 0 saturated carbocycles. The van der Waals surface area contributed by atoms with Crippen molar-refractivity contribution in [3.8, 4) is 5.75 Å². The van der Waals surface area contributed by atoms with Gasteiger partial charge in [-0.05, 0) is 30.7 Å². The van der Waals surface area contributed by atoms with Crippen molar-refractivity contribution < 1.29 is 9.53 Å². The minimum atomic E-state index is 0.124. The highest BCUT2D eigenvalue weighted by molar-refractivity contribution is 5.95. The van der Waals surface area contributed by atoms with Gasteiger partial charge in [0.05, 0.1) is 13.2 Å². The summed E-state index contributed by atoms with van der Waals surface area (Å²) in [7, 11) is 0. The van der Waals surface area contributed by atoms with Crippen molar-refractivity contribution >= 4 is 11.6 Å². The molecule has 0 bridgehead atoms. The molecule has 17 heavy (non-hydrogen) atoms. The maximum absolute atomic E-state index is 11.7. The molecule has 0 atom stereocenters. The number of rotatable bonds is 4. The number of hydrogen-bond donors (Lipinski definition) is 1. The van der Waals surface area contributed by atoms with E-state index in [1.165, 1.54) is 0 Å². The third-order valence-electron chi connectivity index (χ3n) is 2.71. The summed E-state index contributed by atoms with van der Waals surface area (Å²) >= 11 is 0. The van der Waals surface area contributed by atoms with Crippen LogP contribution in [-0.2, 0) is 4.79 Å². The Morgan fingerprint density at radius 1 is 1.35 bits per heavy atom. The lowest BCUT2D eigenvalue weighted by atomic mass is 10.2. The Balaban J connectivity index is 2.03. The summed E-state index contributed by atoms with van der Waals surface area (Å²) < 4.78 is 5.51. The Labute approximate surface area is 102 Å². The smallest absolute Gasteiger partial charge is 0.240 e. The van der Waals surface area contributed by atoms with Crippen LogP contribution in [0.3, 0.4) is 0 Å². The lowest BCUT2D eigenvalue weighted by molar-refractivity contribution is -0.118. The summed E-state index contributed by atoms with van der Waals surface area (Å²) in [6, 6.07) is 7.71. The zero-order valence-electron chi connectivity index (χ0n) is 10.1.